The summed E-state index contributed by atoms with van der Waals surface area (Å²) in [4.78, 5) is 0. The molecule has 0 amide bonds. The van der Waals surface area contributed by atoms with Crippen molar-refractivity contribution in [3.05, 3.63) is 0 Å². The monoisotopic (exact) mass is 196 g/mol. The van der Waals surface area contributed by atoms with Gasteiger partial charge in [-0.2, -0.15) is 0 Å². The van der Waals surface area contributed by atoms with Crippen LogP contribution in [0.15, 0.2) is 0 Å². The Balaban J connectivity index is 0.000000461. The van der Waals surface area contributed by atoms with E-state index < -0.39 is 0 Å². The fraction of sp³-hybridized carbons (Fsp3) is 1.00. The topological polar surface area (TPSA) is 0 Å². The summed E-state index contributed by atoms with van der Waals surface area (Å²) >= 11 is 0. The minimum Gasteiger partial charge on any atom is -0.0683 e. The van der Waals surface area contributed by atoms with E-state index >= 15 is 0 Å². The molecular weight excluding hydrogens is 168 g/mol. The molecule has 0 aromatic heterocycles. The summed E-state index contributed by atoms with van der Waals surface area (Å²) in [5.41, 5.74) is 0.854. The molecule has 1 unspecified atom stereocenters. The lowest BCUT2D eigenvalue weighted by Gasteiger charge is -2.48. The van der Waals surface area contributed by atoms with Crippen molar-refractivity contribution in [2.75, 3.05) is 0 Å². The van der Waals surface area contributed by atoms with Crippen molar-refractivity contribution in [2.45, 2.75) is 72.6 Å². The number of rotatable bonds is 1. The third-order valence-electron chi connectivity index (χ3n) is 4.33. The van der Waals surface area contributed by atoms with Crippen molar-refractivity contribution in [1.29, 1.82) is 0 Å². The van der Waals surface area contributed by atoms with Crippen LogP contribution in [0.2, 0.25) is 0 Å². The first kappa shape index (κ1) is 12.1. The van der Waals surface area contributed by atoms with E-state index in [2.05, 4.69) is 13.8 Å². The molecule has 0 heteroatoms. The first-order valence-corrected chi connectivity index (χ1v) is 6.72. The summed E-state index contributed by atoms with van der Waals surface area (Å²) in [5, 5.41) is 0. The van der Waals surface area contributed by atoms with Crippen molar-refractivity contribution in [3.8, 4) is 0 Å². The predicted octanol–water partition coefficient (Wildman–Crippen LogP) is 5.03. The van der Waals surface area contributed by atoms with Crippen LogP contribution in [0.5, 0.6) is 0 Å². The van der Waals surface area contributed by atoms with Crippen molar-refractivity contribution >= 4 is 0 Å². The Hall–Kier alpha value is 0. The quantitative estimate of drug-likeness (QED) is 0.552. The van der Waals surface area contributed by atoms with E-state index in [1.165, 1.54) is 19.3 Å². The maximum atomic E-state index is 2.41. The molecule has 0 aliphatic heterocycles. The van der Waals surface area contributed by atoms with Gasteiger partial charge in [0.2, 0.25) is 0 Å². The summed E-state index contributed by atoms with van der Waals surface area (Å²) in [7, 11) is 0. The predicted molar refractivity (Wildman–Crippen MR) is 64.4 cm³/mol. The zero-order valence-electron chi connectivity index (χ0n) is 10.6. The molecule has 0 nitrogen and oxygen atoms in total. The second kappa shape index (κ2) is 5.19. The Morgan fingerprint density at radius 2 is 1.57 bits per heavy atom. The molecule has 2 saturated carbocycles. The summed E-state index contributed by atoms with van der Waals surface area (Å²) < 4.78 is 0. The molecule has 0 heterocycles. The first-order chi connectivity index (χ1) is 6.72. The minimum absolute atomic E-state index is 0.854. The molecule has 0 N–H and O–H groups in total. The summed E-state index contributed by atoms with van der Waals surface area (Å²) in [6.45, 7) is 8.81. The zero-order chi connectivity index (χ0) is 10.6. The average Bonchev–Trinajstić information content (AvgIpc) is 2.19. The van der Waals surface area contributed by atoms with Crippen LogP contribution in [0.3, 0.4) is 0 Å². The first-order valence-electron chi connectivity index (χ1n) is 6.72. The lowest BCUT2D eigenvalue weighted by atomic mass is 9.57. The van der Waals surface area contributed by atoms with Crippen LogP contribution in [0.4, 0.5) is 0 Å². The van der Waals surface area contributed by atoms with E-state index in [0.717, 1.165) is 17.3 Å². The van der Waals surface area contributed by atoms with E-state index in [4.69, 9.17) is 0 Å². The number of hydrogen-bond acceptors (Lipinski definition) is 0. The fourth-order valence-corrected chi connectivity index (χ4v) is 3.20. The van der Waals surface area contributed by atoms with Gasteiger partial charge in [-0.15, -0.1) is 0 Å². The second-order valence-electron chi connectivity index (χ2n) is 5.45. The fourth-order valence-electron chi connectivity index (χ4n) is 3.20. The van der Waals surface area contributed by atoms with Crippen LogP contribution in [0.1, 0.15) is 72.6 Å². The molecular formula is C14H28. The van der Waals surface area contributed by atoms with Crippen LogP contribution in [0, 0.1) is 17.3 Å². The van der Waals surface area contributed by atoms with Gasteiger partial charge in [0.15, 0.2) is 0 Å². The maximum Gasteiger partial charge on any atom is -0.0295 e. The lowest BCUT2D eigenvalue weighted by molar-refractivity contribution is 0.0325. The van der Waals surface area contributed by atoms with Gasteiger partial charge < -0.3 is 0 Å². The standard InChI is InChI=1S/C12H22.C2H6/c1-10(2)11-5-3-6-12(9-11)7-4-8-12;1-2/h10-11H,3-9H2,1-2H3;1-2H3. The lowest BCUT2D eigenvalue weighted by Crippen LogP contribution is -2.36. The highest BCUT2D eigenvalue weighted by Crippen LogP contribution is 2.54. The third-order valence-corrected chi connectivity index (χ3v) is 4.33. The maximum absolute atomic E-state index is 2.41. The van der Waals surface area contributed by atoms with Gasteiger partial charge in [-0.25, -0.2) is 0 Å². The van der Waals surface area contributed by atoms with Gasteiger partial charge in [0, 0.05) is 0 Å². The molecule has 2 aliphatic rings. The second-order valence-corrected chi connectivity index (χ2v) is 5.45. The van der Waals surface area contributed by atoms with Gasteiger partial charge in [-0.3, -0.25) is 0 Å². The third kappa shape index (κ3) is 2.52. The average molecular weight is 196 g/mol. The largest absolute Gasteiger partial charge is 0.0683 e. The molecule has 0 radical (unpaired) electrons. The van der Waals surface area contributed by atoms with Crippen LogP contribution in [-0.2, 0) is 0 Å². The van der Waals surface area contributed by atoms with E-state index in [-0.39, 0.29) is 0 Å². The van der Waals surface area contributed by atoms with Crippen LogP contribution < -0.4 is 0 Å². The Morgan fingerprint density at radius 1 is 1.00 bits per heavy atom. The van der Waals surface area contributed by atoms with Crippen molar-refractivity contribution in [3.63, 3.8) is 0 Å². The van der Waals surface area contributed by atoms with E-state index in [0.29, 0.717) is 0 Å². The smallest absolute Gasteiger partial charge is 0.0295 e. The Morgan fingerprint density at radius 3 is 2.00 bits per heavy atom. The van der Waals surface area contributed by atoms with Gasteiger partial charge in [0.25, 0.3) is 0 Å². The Bertz CT molecular complexity index is 153. The van der Waals surface area contributed by atoms with Crippen molar-refractivity contribution < 1.29 is 0 Å². The molecule has 0 aromatic carbocycles. The SMILES string of the molecule is CC.CC(C)C1CCCC2(CCC2)C1. The highest BCUT2D eigenvalue weighted by atomic mass is 14.5. The Labute approximate surface area is 90.5 Å². The number of hydrogen-bond donors (Lipinski definition) is 0. The van der Waals surface area contributed by atoms with Gasteiger partial charge in [0.1, 0.15) is 0 Å². The highest BCUT2D eigenvalue weighted by Gasteiger charge is 2.41. The van der Waals surface area contributed by atoms with Gasteiger partial charge in [0.05, 0.1) is 0 Å². The molecule has 0 aromatic rings. The van der Waals surface area contributed by atoms with Gasteiger partial charge in [-0.1, -0.05) is 47.0 Å². The molecule has 84 valence electrons. The molecule has 0 saturated heterocycles. The van der Waals surface area contributed by atoms with E-state index in [1.54, 1.807) is 25.7 Å². The molecule has 2 fully saturated rings. The van der Waals surface area contributed by atoms with Gasteiger partial charge in [-0.05, 0) is 42.9 Å². The molecule has 14 heavy (non-hydrogen) atoms. The van der Waals surface area contributed by atoms with Gasteiger partial charge >= 0.3 is 0 Å². The zero-order valence-corrected chi connectivity index (χ0v) is 10.6. The Kier molecular flexibility index (Phi) is 4.47. The highest BCUT2D eigenvalue weighted by molar-refractivity contribution is 4.92. The van der Waals surface area contributed by atoms with Crippen molar-refractivity contribution in [2.24, 2.45) is 17.3 Å². The van der Waals surface area contributed by atoms with Crippen LogP contribution in [0.25, 0.3) is 0 Å². The molecule has 2 aliphatic carbocycles. The summed E-state index contributed by atoms with van der Waals surface area (Å²) in [6.07, 6.45) is 10.8. The van der Waals surface area contributed by atoms with E-state index in [1.807, 2.05) is 13.8 Å². The molecule has 0 bridgehead atoms. The normalized spacial score (nSPS) is 29.4. The van der Waals surface area contributed by atoms with E-state index in [9.17, 15) is 0 Å². The molecule has 1 atom stereocenters. The van der Waals surface area contributed by atoms with Crippen LogP contribution in [-0.4, -0.2) is 0 Å². The molecule has 1 spiro atoms. The summed E-state index contributed by atoms with van der Waals surface area (Å²) in [5.74, 6) is 1.99. The minimum atomic E-state index is 0.854. The molecule has 2 rings (SSSR count). The van der Waals surface area contributed by atoms with Crippen LogP contribution >= 0.6 is 0 Å². The van der Waals surface area contributed by atoms with Crippen molar-refractivity contribution in [1.82, 2.24) is 0 Å². The summed E-state index contributed by atoms with van der Waals surface area (Å²) in [6, 6.07) is 0.